The van der Waals surface area contributed by atoms with E-state index in [1.807, 2.05) is 38.1 Å². The number of nitrogens with one attached hydrogen (secondary N) is 3. The number of aliphatic hydroxyl groups is 1. The third-order valence-electron chi connectivity index (χ3n) is 7.64. The number of esters is 1. The third kappa shape index (κ3) is 8.84. The molecule has 0 unspecified atom stereocenters. The minimum atomic E-state index is -1.17. The second kappa shape index (κ2) is 16.9. The molecule has 0 aliphatic carbocycles. The van der Waals surface area contributed by atoms with Gasteiger partial charge in [0.15, 0.2) is 29.2 Å². The number of nitrogens with zero attached hydrogens (tertiary/aromatic N) is 1. The summed E-state index contributed by atoms with van der Waals surface area (Å²) in [7, 11) is 1.28. The van der Waals surface area contributed by atoms with E-state index in [-0.39, 0.29) is 12.2 Å². The van der Waals surface area contributed by atoms with Crippen molar-refractivity contribution < 1.29 is 38.4 Å². The van der Waals surface area contributed by atoms with E-state index in [1.165, 1.54) is 12.5 Å². The van der Waals surface area contributed by atoms with E-state index in [0.717, 1.165) is 10.9 Å². The second-order valence-corrected chi connectivity index (χ2v) is 12.0. The highest BCUT2D eigenvalue weighted by Gasteiger charge is 2.32. The normalized spacial score (nSPS) is 14.9. The molecular formula is C37H39BrN4O8. The Labute approximate surface area is 298 Å². The van der Waals surface area contributed by atoms with Crippen molar-refractivity contribution in [1.82, 2.24) is 16.1 Å². The first-order valence-corrected chi connectivity index (χ1v) is 16.8. The van der Waals surface area contributed by atoms with Crippen LogP contribution in [0.3, 0.4) is 0 Å². The Morgan fingerprint density at radius 3 is 2.48 bits per heavy atom. The Balaban J connectivity index is 1.21. The number of hydrazone groups is 1. The molecule has 0 bridgehead atoms. The van der Waals surface area contributed by atoms with Gasteiger partial charge in [0.1, 0.15) is 13.2 Å². The van der Waals surface area contributed by atoms with Gasteiger partial charge >= 0.3 is 12.0 Å². The Hall–Kier alpha value is -5.27. The van der Waals surface area contributed by atoms with E-state index in [0.29, 0.717) is 64.1 Å². The third-order valence-corrected chi connectivity index (χ3v) is 8.23. The zero-order valence-corrected chi connectivity index (χ0v) is 29.7. The van der Waals surface area contributed by atoms with Gasteiger partial charge in [0, 0.05) is 5.70 Å². The molecular weight excluding hydrogens is 708 g/mol. The molecule has 1 heterocycles. The zero-order chi connectivity index (χ0) is 35.6. The van der Waals surface area contributed by atoms with Gasteiger partial charge < -0.3 is 39.4 Å². The standard InChI is InChI=1S/C37H39BrN4O8/c1-5-47-30-18-27(34-33(36(44)46-4)22(3)40-37(45)41-34)13-14-29(30)49-21-32(43)42-39-19-24-16-28(38)35(31(17-24)48-6-2)50-20-23-11-12-25-9-7-8-10-26(25)15-23/h7-19,32,34,42-43H,5-6,20-21H2,1-4H3,(H2,40,41,45)/b39-19-/t32-,34-/m0/s1. The first-order chi connectivity index (χ1) is 24.2. The van der Waals surface area contributed by atoms with Gasteiger partial charge in [0.2, 0.25) is 0 Å². The number of methoxy groups -OCH3 is 1. The summed E-state index contributed by atoms with van der Waals surface area (Å²) < 4.78 is 29.3. The van der Waals surface area contributed by atoms with Gasteiger partial charge in [-0.1, -0.05) is 42.5 Å². The molecule has 0 saturated heterocycles. The zero-order valence-electron chi connectivity index (χ0n) is 28.1. The monoisotopic (exact) mass is 746 g/mol. The molecule has 0 fully saturated rings. The van der Waals surface area contributed by atoms with Crippen LogP contribution in [-0.2, 0) is 16.1 Å². The molecule has 50 heavy (non-hydrogen) atoms. The molecule has 4 N–H and O–H groups in total. The van der Waals surface area contributed by atoms with E-state index in [2.05, 4.69) is 61.4 Å². The lowest BCUT2D eigenvalue weighted by atomic mass is 9.95. The number of ether oxygens (including phenoxy) is 5. The van der Waals surface area contributed by atoms with E-state index in [9.17, 15) is 14.7 Å². The summed E-state index contributed by atoms with van der Waals surface area (Å²) in [5.41, 5.74) is 5.63. The fourth-order valence-electron chi connectivity index (χ4n) is 5.37. The molecule has 1 aliphatic heterocycles. The maximum atomic E-state index is 12.5. The molecule has 12 nitrogen and oxygen atoms in total. The van der Waals surface area contributed by atoms with E-state index in [4.69, 9.17) is 23.7 Å². The molecule has 2 amide bonds. The van der Waals surface area contributed by atoms with Gasteiger partial charge in [-0.25, -0.2) is 9.59 Å². The highest BCUT2D eigenvalue weighted by atomic mass is 79.9. The summed E-state index contributed by atoms with van der Waals surface area (Å²) in [6.07, 6.45) is 0.381. The highest BCUT2D eigenvalue weighted by Crippen LogP contribution is 2.38. The number of hydrogen-bond acceptors (Lipinski definition) is 10. The van der Waals surface area contributed by atoms with Gasteiger partial charge in [0.05, 0.1) is 42.6 Å². The van der Waals surface area contributed by atoms with Crippen LogP contribution in [0.4, 0.5) is 4.79 Å². The number of rotatable bonds is 15. The van der Waals surface area contributed by atoms with Crippen LogP contribution in [0, 0.1) is 0 Å². The van der Waals surface area contributed by atoms with Gasteiger partial charge in [-0.2, -0.15) is 5.10 Å². The first-order valence-electron chi connectivity index (χ1n) is 16.0. The van der Waals surface area contributed by atoms with Gasteiger partial charge in [0.25, 0.3) is 0 Å². The van der Waals surface area contributed by atoms with Crippen molar-refractivity contribution in [1.29, 1.82) is 0 Å². The highest BCUT2D eigenvalue weighted by molar-refractivity contribution is 9.10. The lowest BCUT2D eigenvalue weighted by Gasteiger charge is -2.28. The average Bonchev–Trinajstić information content (AvgIpc) is 3.10. The van der Waals surface area contributed by atoms with Crippen molar-refractivity contribution in [2.45, 2.75) is 39.6 Å². The molecule has 4 aromatic carbocycles. The van der Waals surface area contributed by atoms with Crippen LogP contribution in [0.15, 0.2) is 93.6 Å². The van der Waals surface area contributed by atoms with Crippen molar-refractivity contribution in [2.75, 3.05) is 26.9 Å². The quantitative estimate of drug-likeness (QED) is 0.0490. The maximum absolute atomic E-state index is 12.5. The van der Waals surface area contributed by atoms with Crippen LogP contribution in [0.2, 0.25) is 0 Å². The number of carbonyl (C=O) groups is 2. The average molecular weight is 748 g/mol. The summed E-state index contributed by atoms with van der Waals surface area (Å²) in [6.45, 7) is 6.30. The number of urea groups is 1. The van der Waals surface area contributed by atoms with Gasteiger partial charge in [-0.3, -0.25) is 5.43 Å². The van der Waals surface area contributed by atoms with Crippen LogP contribution in [0.5, 0.6) is 23.0 Å². The summed E-state index contributed by atoms with van der Waals surface area (Å²) in [5, 5.41) is 22.4. The molecule has 4 aromatic rings. The van der Waals surface area contributed by atoms with E-state index >= 15 is 0 Å². The number of fused-ring (bicyclic) bond motifs is 1. The largest absolute Gasteiger partial charge is 0.490 e. The van der Waals surface area contributed by atoms with E-state index < -0.39 is 24.3 Å². The van der Waals surface area contributed by atoms with Crippen molar-refractivity contribution >= 4 is 44.9 Å². The van der Waals surface area contributed by atoms with Crippen LogP contribution in [0.25, 0.3) is 10.8 Å². The summed E-state index contributed by atoms with van der Waals surface area (Å²) >= 11 is 3.61. The predicted molar refractivity (Wildman–Crippen MR) is 193 cm³/mol. The topological polar surface area (TPSA) is 149 Å². The molecule has 13 heteroatoms. The fraction of sp³-hybridized carbons (Fsp3) is 0.270. The molecule has 0 aromatic heterocycles. The molecule has 0 saturated carbocycles. The number of hydrogen-bond donors (Lipinski definition) is 4. The number of aliphatic hydroxyl groups excluding tert-OH is 1. The molecule has 0 radical (unpaired) electrons. The summed E-state index contributed by atoms with van der Waals surface area (Å²) in [4.78, 5) is 24.7. The second-order valence-electron chi connectivity index (χ2n) is 11.1. The summed E-state index contributed by atoms with van der Waals surface area (Å²) in [5.74, 6) is 1.27. The van der Waals surface area contributed by atoms with Gasteiger partial charge in [-0.05, 0) is 94.5 Å². The summed E-state index contributed by atoms with van der Waals surface area (Å²) in [6, 6.07) is 21.9. The number of carbonyl (C=O) groups excluding carboxylic acids is 2. The SMILES string of the molecule is CCOc1cc([C@@H]2NC(=O)NC(C)=C2C(=O)OC)ccc1OC[C@H](O)N/N=C\c1cc(Br)c(OCc2ccc3ccccc3c2)c(OCC)c1. The Morgan fingerprint density at radius 2 is 1.72 bits per heavy atom. The molecule has 0 spiro atoms. The molecule has 1 aliphatic rings. The Morgan fingerprint density at radius 1 is 0.960 bits per heavy atom. The fourth-order valence-corrected chi connectivity index (χ4v) is 5.94. The minimum Gasteiger partial charge on any atom is -0.490 e. The molecule has 262 valence electrons. The number of amides is 2. The van der Waals surface area contributed by atoms with Crippen molar-refractivity contribution in [3.05, 3.63) is 105 Å². The number of allylic oxidation sites excluding steroid dienone is 1. The van der Waals surface area contributed by atoms with E-state index in [1.54, 1.807) is 37.4 Å². The van der Waals surface area contributed by atoms with Crippen LogP contribution in [0.1, 0.15) is 43.5 Å². The van der Waals surface area contributed by atoms with Crippen molar-refractivity contribution in [3.8, 4) is 23.0 Å². The molecule has 5 rings (SSSR count). The molecule has 2 atom stereocenters. The predicted octanol–water partition coefficient (Wildman–Crippen LogP) is 6.10. The van der Waals surface area contributed by atoms with Crippen LogP contribution >= 0.6 is 15.9 Å². The lowest BCUT2D eigenvalue weighted by molar-refractivity contribution is -0.136. The smallest absolute Gasteiger partial charge is 0.337 e. The van der Waals surface area contributed by atoms with Crippen LogP contribution < -0.4 is 35.0 Å². The maximum Gasteiger partial charge on any atom is 0.337 e. The minimum absolute atomic E-state index is 0.164. The van der Waals surface area contributed by atoms with Gasteiger partial charge in [-0.15, -0.1) is 0 Å². The first kappa shape index (κ1) is 36.0. The van der Waals surface area contributed by atoms with Crippen LogP contribution in [-0.4, -0.2) is 56.5 Å². The van der Waals surface area contributed by atoms with Crippen molar-refractivity contribution in [3.63, 3.8) is 0 Å². The van der Waals surface area contributed by atoms with Crippen molar-refractivity contribution in [2.24, 2.45) is 5.10 Å². The lowest BCUT2D eigenvalue weighted by Crippen LogP contribution is -2.45. The number of halogens is 1. The Kier molecular flexibility index (Phi) is 12.2. The number of benzene rings is 4. The Bertz CT molecular complexity index is 1910.